The molecule has 5 rings (SSSR count). The number of benzene rings is 3. The quantitative estimate of drug-likeness (QED) is 0.298. The third-order valence-electron chi connectivity index (χ3n) is 6.40. The van der Waals surface area contributed by atoms with E-state index in [0.29, 0.717) is 48.6 Å². The van der Waals surface area contributed by atoms with E-state index in [4.69, 9.17) is 11.6 Å². The molecule has 2 heterocycles. The van der Waals surface area contributed by atoms with Gasteiger partial charge in [0, 0.05) is 47.4 Å². The molecule has 1 atom stereocenters. The first-order valence-corrected chi connectivity index (χ1v) is 12.8. The van der Waals surface area contributed by atoms with Crippen LogP contribution in [0.5, 0.6) is 5.75 Å². The number of imide groups is 1. The van der Waals surface area contributed by atoms with Gasteiger partial charge in [-0.25, -0.2) is 0 Å². The Balaban J connectivity index is 1.76. The second kappa shape index (κ2) is 8.87. The minimum atomic E-state index is -1.39. The van der Waals surface area contributed by atoms with Crippen LogP contribution < -0.4 is 5.32 Å². The van der Waals surface area contributed by atoms with Gasteiger partial charge in [0.05, 0.1) is 22.2 Å². The van der Waals surface area contributed by atoms with E-state index < -0.39 is 23.0 Å². The molecular weight excluding hydrogens is 486 g/mol. The number of amides is 2. The number of carbonyl (C=O) groups is 2. The van der Waals surface area contributed by atoms with Crippen molar-refractivity contribution >= 4 is 56.4 Å². The molecule has 0 saturated carbocycles. The lowest BCUT2D eigenvalue weighted by molar-refractivity contribution is 0.0880. The van der Waals surface area contributed by atoms with Gasteiger partial charge in [0.1, 0.15) is 5.75 Å². The molecule has 1 aromatic heterocycles. The van der Waals surface area contributed by atoms with Crippen molar-refractivity contribution in [2.75, 3.05) is 26.4 Å². The number of nitrogens with zero attached hydrogens (tertiary/aromatic N) is 2. The van der Waals surface area contributed by atoms with Crippen LogP contribution in [-0.4, -0.2) is 57.3 Å². The minimum absolute atomic E-state index is 0.0955. The number of aromatic nitrogens is 1. The number of hydrogen-bond donors (Lipinski definition) is 2. The van der Waals surface area contributed by atoms with E-state index in [1.165, 1.54) is 0 Å². The van der Waals surface area contributed by atoms with Crippen molar-refractivity contribution in [2.45, 2.75) is 11.3 Å². The summed E-state index contributed by atoms with van der Waals surface area (Å²) >= 11 is 5.07. The van der Waals surface area contributed by atoms with Gasteiger partial charge in [-0.1, -0.05) is 29.8 Å². The van der Waals surface area contributed by atoms with Crippen molar-refractivity contribution < 1.29 is 19.2 Å². The predicted molar refractivity (Wildman–Crippen MR) is 139 cm³/mol. The van der Waals surface area contributed by atoms with Gasteiger partial charge in [-0.2, -0.15) is 0 Å². The number of carbonyl (C=O) groups excluding carboxylic acids is 2. The van der Waals surface area contributed by atoms with E-state index in [2.05, 4.69) is 5.32 Å². The minimum Gasteiger partial charge on any atom is -0.611 e. The van der Waals surface area contributed by atoms with Crippen LogP contribution in [0.1, 0.15) is 27.1 Å². The highest BCUT2D eigenvalue weighted by atomic mass is 35.5. The van der Waals surface area contributed by atoms with Crippen LogP contribution in [0, 0.1) is 0 Å². The molecule has 0 radical (unpaired) electrons. The van der Waals surface area contributed by atoms with E-state index in [-0.39, 0.29) is 16.9 Å². The summed E-state index contributed by atoms with van der Waals surface area (Å²) in [4.78, 5) is 28.2. The zero-order valence-electron chi connectivity index (χ0n) is 19.5. The third-order valence-corrected chi connectivity index (χ3v) is 8.21. The van der Waals surface area contributed by atoms with E-state index in [9.17, 15) is 19.2 Å². The van der Waals surface area contributed by atoms with E-state index in [1.54, 1.807) is 24.3 Å². The lowest BCUT2D eigenvalue weighted by Crippen LogP contribution is -2.20. The Hall–Kier alpha value is -3.04. The first-order chi connectivity index (χ1) is 16.7. The summed E-state index contributed by atoms with van der Waals surface area (Å²) in [6.45, 7) is 0.795. The second-order valence-electron chi connectivity index (χ2n) is 8.93. The Morgan fingerprint density at radius 2 is 1.77 bits per heavy atom. The number of phenolic OH excluding ortho intramolecular Hbond substituents is 1. The van der Waals surface area contributed by atoms with Crippen LogP contribution in [0.25, 0.3) is 32.9 Å². The fraction of sp³-hybridized carbons (Fsp3) is 0.231. The monoisotopic (exact) mass is 509 g/mol. The van der Waals surface area contributed by atoms with Crippen LogP contribution in [0.2, 0.25) is 5.02 Å². The molecule has 0 saturated heterocycles. The lowest BCUT2D eigenvalue weighted by Gasteiger charge is -2.14. The highest BCUT2D eigenvalue weighted by Gasteiger charge is 2.35. The fourth-order valence-electron chi connectivity index (χ4n) is 4.76. The van der Waals surface area contributed by atoms with Gasteiger partial charge in [0.25, 0.3) is 11.8 Å². The molecule has 35 heavy (non-hydrogen) atoms. The first kappa shape index (κ1) is 23.7. The Morgan fingerprint density at radius 3 is 2.49 bits per heavy atom. The summed E-state index contributed by atoms with van der Waals surface area (Å²) in [5.74, 6) is -0.653. The van der Waals surface area contributed by atoms with Gasteiger partial charge in [-0.3, -0.25) is 14.9 Å². The summed E-state index contributed by atoms with van der Waals surface area (Å²) < 4.78 is 14.9. The van der Waals surface area contributed by atoms with Crippen molar-refractivity contribution in [1.29, 1.82) is 0 Å². The number of halogens is 1. The van der Waals surface area contributed by atoms with Crippen molar-refractivity contribution in [2.24, 2.45) is 7.05 Å². The number of aromatic hydroxyl groups is 1. The number of aryl methyl sites for hydroxylation is 1. The van der Waals surface area contributed by atoms with Crippen molar-refractivity contribution in [1.82, 2.24) is 14.8 Å². The molecule has 3 aromatic carbocycles. The number of nitrogens with one attached hydrogen (secondary N) is 1. The lowest BCUT2D eigenvalue weighted by atomic mass is 9.93. The molecule has 180 valence electrons. The Labute approximate surface area is 210 Å². The molecule has 2 amide bonds. The molecule has 2 N–H and O–H groups in total. The normalized spacial score (nSPS) is 14.2. The van der Waals surface area contributed by atoms with Crippen LogP contribution in [0.15, 0.2) is 47.4 Å². The van der Waals surface area contributed by atoms with Gasteiger partial charge >= 0.3 is 0 Å². The predicted octanol–water partition coefficient (Wildman–Crippen LogP) is 4.30. The van der Waals surface area contributed by atoms with Gasteiger partial charge in [0.15, 0.2) is 10.6 Å². The second-order valence-corrected chi connectivity index (χ2v) is 10.9. The molecule has 7 nitrogen and oxygen atoms in total. The molecule has 1 aliphatic heterocycles. The summed E-state index contributed by atoms with van der Waals surface area (Å²) in [6.07, 6.45) is 0.725. The van der Waals surface area contributed by atoms with Crippen molar-refractivity contribution in [3.8, 4) is 16.9 Å². The molecule has 1 unspecified atom stereocenters. The highest BCUT2D eigenvalue weighted by molar-refractivity contribution is 7.91. The summed E-state index contributed by atoms with van der Waals surface area (Å²) in [5.41, 5.74) is 3.14. The largest absolute Gasteiger partial charge is 0.611 e. The molecule has 0 fully saturated rings. The molecule has 9 heteroatoms. The number of fused-ring (bicyclic) bond motifs is 5. The van der Waals surface area contributed by atoms with Crippen LogP contribution in [0.3, 0.4) is 0 Å². The highest BCUT2D eigenvalue weighted by Crippen LogP contribution is 2.43. The maximum atomic E-state index is 13.0. The average Bonchev–Trinajstić information content (AvgIpc) is 3.25. The van der Waals surface area contributed by atoms with E-state index >= 15 is 0 Å². The van der Waals surface area contributed by atoms with E-state index in [1.807, 2.05) is 48.8 Å². The number of rotatable bonds is 6. The van der Waals surface area contributed by atoms with Crippen molar-refractivity contribution in [3.63, 3.8) is 0 Å². The first-order valence-electron chi connectivity index (χ1n) is 11.1. The summed E-state index contributed by atoms with van der Waals surface area (Å²) in [5, 5.41) is 14.8. The van der Waals surface area contributed by atoms with E-state index in [0.717, 1.165) is 13.0 Å². The number of phenols is 1. The maximum absolute atomic E-state index is 13.0. The Bertz CT molecular complexity index is 1530. The molecule has 0 aliphatic carbocycles. The van der Waals surface area contributed by atoms with Crippen LogP contribution in [0.4, 0.5) is 0 Å². The smallest absolute Gasteiger partial charge is 0.259 e. The van der Waals surface area contributed by atoms with Crippen LogP contribution >= 0.6 is 11.6 Å². The van der Waals surface area contributed by atoms with Gasteiger partial charge in [-0.05, 0) is 49.0 Å². The molecule has 1 aliphatic rings. The van der Waals surface area contributed by atoms with Gasteiger partial charge in [-0.15, -0.1) is 0 Å². The zero-order valence-corrected chi connectivity index (χ0v) is 21.1. The third kappa shape index (κ3) is 3.87. The summed E-state index contributed by atoms with van der Waals surface area (Å²) in [6, 6.07) is 12.3. The molecule has 0 bridgehead atoms. The molecule has 0 spiro atoms. The Kier molecular flexibility index (Phi) is 6.01. The molecular formula is C26H24ClN3O4S. The molecule has 4 aromatic rings. The summed E-state index contributed by atoms with van der Waals surface area (Å²) in [7, 11) is 5.76. The standard InChI is InChI=1S/C26H24ClN3O4S/c1-29(2)9-6-10-35(34)21-13-18-16(12-20(21)31)22-19(30(18)3)11-15(14-7-4-5-8-17(14)27)23-24(22)26(33)28-25(23)32/h4-5,7-8,11-13,31H,6,9-10H2,1-3H3,(H,28,32,33). The number of hydrogen-bond acceptors (Lipinski definition) is 5. The topological polar surface area (TPSA) is 97.6 Å². The zero-order chi connectivity index (χ0) is 25.0. The maximum Gasteiger partial charge on any atom is 0.259 e. The van der Waals surface area contributed by atoms with Gasteiger partial charge in [0.2, 0.25) is 0 Å². The van der Waals surface area contributed by atoms with Gasteiger partial charge < -0.3 is 19.1 Å². The fourth-order valence-corrected chi connectivity index (χ4v) is 6.14. The van der Waals surface area contributed by atoms with Crippen molar-refractivity contribution in [3.05, 3.63) is 58.6 Å². The SMILES string of the molecule is CN(C)CCC[S+]([O-])c1cc2c(cc1O)c1c3c(c(-c4ccccc4Cl)cc1n2C)C(=O)NC3=O. The average molecular weight is 510 g/mol. The Morgan fingerprint density at radius 1 is 1.06 bits per heavy atom. The van der Waals surface area contributed by atoms with Crippen LogP contribution in [-0.2, 0) is 18.2 Å².